The lowest BCUT2D eigenvalue weighted by Gasteiger charge is -2.19. The quantitative estimate of drug-likeness (QED) is 0.344. The summed E-state index contributed by atoms with van der Waals surface area (Å²) in [5.41, 5.74) is -1.05. The maximum atomic E-state index is 15.4. The van der Waals surface area contributed by atoms with Crippen molar-refractivity contribution in [3.05, 3.63) is 106 Å². The lowest BCUT2D eigenvalue weighted by atomic mass is 10.1. The number of hydrogen-bond donors (Lipinski definition) is 1. The Hall–Kier alpha value is -4.34. The summed E-state index contributed by atoms with van der Waals surface area (Å²) in [6.07, 6.45) is -0.595. The largest absolute Gasteiger partial charge is 0.485 e. The van der Waals surface area contributed by atoms with Gasteiger partial charge in [0.25, 0.3) is 5.91 Å². The predicted molar refractivity (Wildman–Crippen MR) is 133 cm³/mol. The lowest BCUT2D eigenvalue weighted by Crippen LogP contribution is -2.26. The standard InChI is InChI=1S/C27H25F3N4O3/c1-15(2)33-17(4)32-34(27(33)36)23-14-24(37-16(3)18-9-6-5-7-10-18)19(13-22(23)30)26(35)31-25-20(28)11-8-12-21(25)29/h5-16H,1-4H3,(H,31,35)/t16-/m0/s1. The molecule has 10 heteroatoms. The van der Waals surface area contributed by atoms with Crippen molar-refractivity contribution in [2.45, 2.75) is 39.8 Å². The number of anilines is 1. The summed E-state index contributed by atoms with van der Waals surface area (Å²) < 4.78 is 52.0. The molecule has 0 aliphatic heterocycles. The first kappa shape index (κ1) is 25.7. The van der Waals surface area contributed by atoms with Crippen LogP contribution < -0.4 is 15.7 Å². The number of nitrogens with zero attached hydrogens (tertiary/aromatic N) is 3. The minimum Gasteiger partial charge on any atom is -0.485 e. The van der Waals surface area contributed by atoms with Crippen molar-refractivity contribution in [1.82, 2.24) is 14.3 Å². The average molecular weight is 511 g/mol. The highest BCUT2D eigenvalue weighted by atomic mass is 19.1. The Bertz CT molecular complexity index is 1490. The molecule has 4 rings (SSSR count). The van der Waals surface area contributed by atoms with Gasteiger partial charge in [0.2, 0.25) is 0 Å². The van der Waals surface area contributed by atoms with E-state index in [1.54, 1.807) is 39.8 Å². The van der Waals surface area contributed by atoms with Gasteiger partial charge in [0.15, 0.2) is 0 Å². The molecule has 7 nitrogen and oxygen atoms in total. The predicted octanol–water partition coefficient (Wildman–Crippen LogP) is 5.73. The van der Waals surface area contributed by atoms with E-state index in [-0.39, 0.29) is 23.0 Å². The Morgan fingerprint density at radius 1 is 0.946 bits per heavy atom. The van der Waals surface area contributed by atoms with E-state index >= 15 is 4.39 Å². The van der Waals surface area contributed by atoms with Crippen molar-refractivity contribution in [2.75, 3.05) is 5.32 Å². The molecule has 0 aliphatic carbocycles. The van der Waals surface area contributed by atoms with Gasteiger partial charge in [-0.15, -0.1) is 0 Å². The molecule has 0 unspecified atom stereocenters. The fourth-order valence-corrected chi connectivity index (χ4v) is 3.99. The van der Waals surface area contributed by atoms with Crippen LogP contribution in [-0.2, 0) is 0 Å². The van der Waals surface area contributed by atoms with E-state index in [9.17, 15) is 18.4 Å². The first-order valence-electron chi connectivity index (χ1n) is 11.6. The van der Waals surface area contributed by atoms with E-state index in [2.05, 4.69) is 10.4 Å². The number of hydrogen-bond acceptors (Lipinski definition) is 4. The van der Waals surface area contributed by atoms with Crippen molar-refractivity contribution in [3.8, 4) is 11.4 Å². The molecule has 4 aromatic rings. The fraction of sp³-hybridized carbons (Fsp3) is 0.222. The van der Waals surface area contributed by atoms with Gasteiger partial charge in [0.1, 0.15) is 46.5 Å². The van der Waals surface area contributed by atoms with Crippen LogP contribution in [0.5, 0.6) is 5.75 Å². The number of halogens is 3. The summed E-state index contributed by atoms with van der Waals surface area (Å²) in [4.78, 5) is 26.1. The average Bonchev–Trinajstić information content (AvgIpc) is 3.16. The first-order chi connectivity index (χ1) is 17.6. The fourth-order valence-electron chi connectivity index (χ4n) is 3.99. The summed E-state index contributed by atoms with van der Waals surface area (Å²) in [6.45, 7) is 6.93. The van der Waals surface area contributed by atoms with Crippen molar-refractivity contribution < 1.29 is 22.7 Å². The minimum atomic E-state index is -0.999. The molecule has 0 spiro atoms. The van der Waals surface area contributed by atoms with E-state index in [0.717, 1.165) is 34.5 Å². The minimum absolute atomic E-state index is 0.106. The van der Waals surface area contributed by atoms with Gasteiger partial charge in [0, 0.05) is 12.1 Å². The Labute approximate surface area is 211 Å². The van der Waals surface area contributed by atoms with Gasteiger partial charge in [-0.05, 0) is 51.5 Å². The molecule has 3 aromatic carbocycles. The molecule has 37 heavy (non-hydrogen) atoms. The maximum Gasteiger partial charge on any atom is 0.351 e. The number of benzene rings is 3. The number of carbonyl (C=O) groups excluding carboxylic acids is 1. The summed E-state index contributed by atoms with van der Waals surface area (Å²) >= 11 is 0. The summed E-state index contributed by atoms with van der Waals surface area (Å²) in [6, 6.07) is 14.0. The normalized spacial score (nSPS) is 12.0. The van der Waals surface area contributed by atoms with Crippen LogP contribution in [0.3, 0.4) is 0 Å². The third kappa shape index (κ3) is 5.13. The van der Waals surface area contributed by atoms with Gasteiger partial charge in [-0.1, -0.05) is 36.4 Å². The molecule has 0 bridgehead atoms. The summed E-state index contributed by atoms with van der Waals surface area (Å²) in [5, 5.41) is 6.33. The van der Waals surface area contributed by atoms with E-state index in [4.69, 9.17) is 4.74 Å². The van der Waals surface area contributed by atoms with Crippen LogP contribution in [0.4, 0.5) is 18.9 Å². The molecule has 1 aromatic heterocycles. The van der Waals surface area contributed by atoms with Gasteiger partial charge in [-0.3, -0.25) is 9.36 Å². The second kappa shape index (κ2) is 10.3. The third-order valence-corrected chi connectivity index (χ3v) is 5.79. The van der Waals surface area contributed by atoms with Gasteiger partial charge in [-0.25, -0.2) is 18.0 Å². The second-order valence-corrected chi connectivity index (χ2v) is 8.73. The van der Waals surface area contributed by atoms with Crippen molar-refractivity contribution in [2.24, 2.45) is 0 Å². The molecular formula is C27H25F3N4O3. The Balaban J connectivity index is 1.83. The van der Waals surface area contributed by atoms with E-state index in [1.165, 1.54) is 10.6 Å². The van der Waals surface area contributed by atoms with Crippen LogP contribution in [0.25, 0.3) is 5.69 Å². The molecule has 0 radical (unpaired) electrons. The number of amides is 1. The topological polar surface area (TPSA) is 78.2 Å². The molecule has 1 N–H and O–H groups in total. The van der Waals surface area contributed by atoms with Gasteiger partial charge < -0.3 is 10.1 Å². The molecule has 0 saturated carbocycles. The summed E-state index contributed by atoms with van der Waals surface area (Å²) in [5.74, 6) is -3.67. The van der Waals surface area contributed by atoms with Crippen LogP contribution in [-0.4, -0.2) is 20.3 Å². The number of para-hydroxylation sites is 1. The number of nitrogens with one attached hydrogen (secondary N) is 1. The number of carbonyl (C=O) groups is 1. The van der Waals surface area contributed by atoms with Crippen molar-refractivity contribution in [1.29, 1.82) is 0 Å². The van der Waals surface area contributed by atoms with Gasteiger partial charge in [0.05, 0.1) is 5.56 Å². The Morgan fingerprint density at radius 2 is 1.59 bits per heavy atom. The molecule has 1 atom stereocenters. The lowest BCUT2D eigenvalue weighted by molar-refractivity contribution is 0.101. The molecular weight excluding hydrogens is 485 g/mol. The van der Waals surface area contributed by atoms with E-state index in [0.29, 0.717) is 5.82 Å². The van der Waals surface area contributed by atoms with Crippen molar-refractivity contribution in [3.63, 3.8) is 0 Å². The van der Waals surface area contributed by atoms with E-state index in [1.807, 2.05) is 18.2 Å². The van der Waals surface area contributed by atoms with Crippen LogP contribution in [0.2, 0.25) is 0 Å². The Morgan fingerprint density at radius 3 is 2.19 bits per heavy atom. The van der Waals surface area contributed by atoms with Crippen LogP contribution in [0.1, 0.15) is 54.7 Å². The van der Waals surface area contributed by atoms with Crippen LogP contribution in [0.15, 0.2) is 65.5 Å². The van der Waals surface area contributed by atoms with Crippen LogP contribution >= 0.6 is 0 Å². The van der Waals surface area contributed by atoms with Gasteiger partial charge >= 0.3 is 5.69 Å². The molecule has 1 amide bonds. The zero-order valence-electron chi connectivity index (χ0n) is 20.6. The second-order valence-electron chi connectivity index (χ2n) is 8.73. The highest BCUT2D eigenvalue weighted by molar-refractivity contribution is 6.06. The SMILES string of the molecule is Cc1nn(-c2cc(O[C@@H](C)c3ccccc3)c(C(=O)Nc3c(F)cccc3F)cc2F)c(=O)n1C(C)C. The summed E-state index contributed by atoms with van der Waals surface area (Å²) in [7, 11) is 0. The number of aromatic nitrogens is 3. The highest BCUT2D eigenvalue weighted by Gasteiger charge is 2.24. The third-order valence-electron chi connectivity index (χ3n) is 5.79. The van der Waals surface area contributed by atoms with Crippen molar-refractivity contribution >= 4 is 11.6 Å². The number of ether oxygens (including phenoxy) is 1. The molecule has 192 valence electrons. The van der Waals surface area contributed by atoms with Gasteiger partial charge in [-0.2, -0.15) is 9.78 Å². The zero-order chi connectivity index (χ0) is 26.9. The van der Waals surface area contributed by atoms with Crippen LogP contribution in [0, 0.1) is 24.4 Å². The monoisotopic (exact) mass is 510 g/mol. The smallest absolute Gasteiger partial charge is 0.351 e. The maximum absolute atomic E-state index is 15.4. The number of rotatable bonds is 7. The molecule has 0 saturated heterocycles. The molecule has 0 aliphatic rings. The molecule has 0 fully saturated rings. The van der Waals surface area contributed by atoms with E-state index < -0.39 is 40.8 Å². The highest BCUT2D eigenvalue weighted by Crippen LogP contribution is 2.31. The first-order valence-corrected chi connectivity index (χ1v) is 11.6. The molecule has 1 heterocycles. The Kier molecular flexibility index (Phi) is 7.19. The number of aryl methyl sites for hydroxylation is 1. The zero-order valence-corrected chi connectivity index (χ0v) is 20.6.